The quantitative estimate of drug-likeness (QED) is 0.541. The van der Waals surface area contributed by atoms with Crippen LogP contribution in [0.3, 0.4) is 0 Å². The van der Waals surface area contributed by atoms with E-state index in [0.29, 0.717) is 6.61 Å². The Bertz CT molecular complexity index is 765. The Kier molecular flexibility index (Phi) is 12.9. The van der Waals surface area contributed by atoms with Crippen molar-refractivity contribution in [1.29, 1.82) is 0 Å². The van der Waals surface area contributed by atoms with E-state index in [2.05, 4.69) is 9.80 Å². The van der Waals surface area contributed by atoms with Gasteiger partial charge in [0.2, 0.25) is 0 Å². The highest BCUT2D eigenvalue weighted by atomic mass is 19.4. The summed E-state index contributed by atoms with van der Waals surface area (Å²) in [5, 5.41) is 14.2. The highest BCUT2D eigenvalue weighted by molar-refractivity contribution is 5.73. The van der Waals surface area contributed by atoms with Gasteiger partial charge < -0.3 is 14.9 Å². The molecule has 0 atom stereocenters. The van der Waals surface area contributed by atoms with Gasteiger partial charge in [0.15, 0.2) is 0 Å². The van der Waals surface area contributed by atoms with Crippen LogP contribution in [0.1, 0.15) is 32.1 Å². The summed E-state index contributed by atoms with van der Waals surface area (Å²) in [4.78, 5) is 23.0. The Morgan fingerprint density at radius 1 is 0.833 bits per heavy atom. The third kappa shape index (κ3) is 12.9. The van der Waals surface area contributed by atoms with E-state index in [0.717, 1.165) is 31.4 Å². The molecule has 1 saturated heterocycles. The molecule has 1 heterocycles. The van der Waals surface area contributed by atoms with Gasteiger partial charge in [-0.15, -0.1) is 0 Å². The number of hydrogen-bond donors (Lipinski definition) is 2. The maximum atomic E-state index is 12.8. The number of halogens is 7. The maximum absolute atomic E-state index is 12.8. The van der Waals surface area contributed by atoms with Crippen LogP contribution in [0.5, 0.6) is 5.75 Å². The SMILES string of the molecule is Fc1ccc(OCCN2CCN(C3CCCCC3)CC2)cc1.O=C(O)C(F)(F)F.O=C(O)C(F)(F)F. The second-order valence-corrected chi connectivity index (χ2v) is 8.08. The van der Waals surface area contributed by atoms with Crippen molar-refractivity contribution in [1.82, 2.24) is 9.80 Å². The Hall–Kier alpha value is -2.61. The van der Waals surface area contributed by atoms with Crippen LogP contribution in [-0.2, 0) is 9.59 Å². The summed E-state index contributed by atoms with van der Waals surface area (Å²) in [5.41, 5.74) is 0. The lowest BCUT2D eigenvalue weighted by atomic mass is 9.94. The smallest absolute Gasteiger partial charge is 0.490 e. The van der Waals surface area contributed by atoms with Crippen molar-refractivity contribution >= 4 is 11.9 Å². The van der Waals surface area contributed by atoms with Gasteiger partial charge in [0.1, 0.15) is 18.2 Å². The molecule has 36 heavy (non-hydrogen) atoms. The number of nitrogens with zero attached hydrogens (tertiary/aromatic N) is 2. The van der Waals surface area contributed by atoms with E-state index in [9.17, 15) is 30.7 Å². The van der Waals surface area contributed by atoms with Gasteiger partial charge in [-0.05, 0) is 37.1 Å². The van der Waals surface area contributed by atoms with Gasteiger partial charge >= 0.3 is 24.3 Å². The van der Waals surface area contributed by atoms with Crippen molar-refractivity contribution in [3.63, 3.8) is 0 Å². The lowest BCUT2D eigenvalue weighted by molar-refractivity contribution is -0.193. The van der Waals surface area contributed by atoms with E-state index in [1.165, 1.54) is 57.3 Å². The highest BCUT2D eigenvalue weighted by Crippen LogP contribution is 2.23. The fourth-order valence-corrected chi connectivity index (χ4v) is 3.62. The van der Waals surface area contributed by atoms with Crippen LogP contribution in [-0.4, -0.2) is 89.7 Å². The first-order valence-corrected chi connectivity index (χ1v) is 11.1. The number of ether oxygens (including phenoxy) is 1. The van der Waals surface area contributed by atoms with E-state index in [1.54, 1.807) is 12.1 Å². The Labute approximate surface area is 203 Å². The van der Waals surface area contributed by atoms with Crippen molar-refractivity contribution in [3.8, 4) is 5.75 Å². The second kappa shape index (κ2) is 14.8. The average Bonchev–Trinajstić information content (AvgIpc) is 2.81. The molecule has 2 N–H and O–H groups in total. The molecule has 0 aromatic heterocycles. The number of hydrogen-bond acceptors (Lipinski definition) is 5. The van der Waals surface area contributed by atoms with Crippen LogP contribution in [0, 0.1) is 5.82 Å². The monoisotopic (exact) mass is 534 g/mol. The predicted octanol–water partition coefficient (Wildman–Crippen LogP) is 4.42. The summed E-state index contributed by atoms with van der Waals surface area (Å²) >= 11 is 0. The van der Waals surface area contributed by atoms with Gasteiger partial charge in [-0.25, -0.2) is 14.0 Å². The molecule has 1 saturated carbocycles. The Balaban J connectivity index is 0.000000383. The van der Waals surface area contributed by atoms with Crippen LogP contribution in [0.25, 0.3) is 0 Å². The minimum Gasteiger partial charge on any atom is -0.492 e. The third-order valence-corrected chi connectivity index (χ3v) is 5.47. The fourth-order valence-electron chi connectivity index (χ4n) is 3.62. The van der Waals surface area contributed by atoms with Crippen molar-refractivity contribution < 1.29 is 55.3 Å². The first kappa shape index (κ1) is 31.4. The number of rotatable bonds is 5. The fraction of sp³-hybridized carbons (Fsp3) is 0.636. The minimum atomic E-state index is -5.08. The summed E-state index contributed by atoms with van der Waals surface area (Å²) in [6.07, 6.45) is -3.12. The number of carboxylic acid groups (broad SMARTS) is 2. The third-order valence-electron chi connectivity index (χ3n) is 5.47. The molecular formula is C22H29F7N2O5. The molecule has 0 bridgehead atoms. The van der Waals surface area contributed by atoms with Crippen LogP contribution in [0.4, 0.5) is 30.7 Å². The summed E-state index contributed by atoms with van der Waals surface area (Å²) in [7, 11) is 0. The zero-order valence-corrected chi connectivity index (χ0v) is 19.3. The molecule has 1 aromatic carbocycles. The predicted molar refractivity (Wildman–Crippen MR) is 114 cm³/mol. The molecule has 3 rings (SSSR count). The number of carbonyl (C=O) groups is 2. The first-order valence-electron chi connectivity index (χ1n) is 11.1. The van der Waals surface area contributed by atoms with Crippen LogP contribution < -0.4 is 4.74 Å². The summed E-state index contributed by atoms with van der Waals surface area (Å²) < 4.78 is 82.0. The van der Waals surface area contributed by atoms with E-state index in [1.807, 2.05) is 0 Å². The molecule has 2 fully saturated rings. The molecule has 0 unspecified atom stereocenters. The number of piperazine rings is 1. The van der Waals surface area contributed by atoms with Crippen molar-refractivity contribution in [3.05, 3.63) is 30.1 Å². The van der Waals surface area contributed by atoms with Gasteiger partial charge in [0.25, 0.3) is 0 Å². The number of benzene rings is 1. The molecule has 0 amide bonds. The van der Waals surface area contributed by atoms with E-state index < -0.39 is 24.3 Å². The van der Waals surface area contributed by atoms with Gasteiger partial charge in [-0.1, -0.05) is 19.3 Å². The number of aliphatic carboxylic acids is 2. The minimum absolute atomic E-state index is 0.216. The molecule has 1 aliphatic heterocycles. The summed E-state index contributed by atoms with van der Waals surface area (Å²) in [5.74, 6) is -4.98. The summed E-state index contributed by atoms with van der Waals surface area (Å²) in [6.45, 7) is 6.31. The molecule has 0 radical (unpaired) electrons. The Morgan fingerprint density at radius 2 is 1.28 bits per heavy atom. The first-order chi connectivity index (χ1) is 16.7. The second-order valence-electron chi connectivity index (χ2n) is 8.08. The van der Waals surface area contributed by atoms with Crippen LogP contribution in [0.15, 0.2) is 24.3 Å². The lowest BCUT2D eigenvalue weighted by Crippen LogP contribution is -2.51. The standard InChI is InChI=1S/C18H27FN2O.2C2HF3O2/c19-16-6-8-18(9-7-16)22-15-14-20-10-12-21(13-11-20)17-4-2-1-3-5-17;2*3-2(4,5)1(6)7/h6-9,17H,1-5,10-15H2;2*(H,6,7). The number of alkyl halides is 6. The zero-order valence-electron chi connectivity index (χ0n) is 19.3. The summed E-state index contributed by atoms with van der Waals surface area (Å²) in [6, 6.07) is 7.11. The average molecular weight is 534 g/mol. The molecule has 2 aliphatic rings. The Morgan fingerprint density at radius 3 is 1.69 bits per heavy atom. The van der Waals surface area contributed by atoms with Crippen molar-refractivity contribution in [2.45, 2.75) is 50.5 Å². The topological polar surface area (TPSA) is 90.3 Å². The normalized spacial score (nSPS) is 17.8. The van der Waals surface area contributed by atoms with Crippen molar-refractivity contribution in [2.75, 3.05) is 39.3 Å². The van der Waals surface area contributed by atoms with Gasteiger partial charge in [-0.3, -0.25) is 9.80 Å². The molecule has 1 aliphatic carbocycles. The zero-order chi connectivity index (χ0) is 27.4. The number of carboxylic acids is 2. The molecule has 1 aromatic rings. The molecule has 14 heteroatoms. The van der Waals surface area contributed by atoms with Gasteiger partial charge in [-0.2, -0.15) is 26.3 Å². The molecule has 0 spiro atoms. The van der Waals surface area contributed by atoms with E-state index in [4.69, 9.17) is 24.5 Å². The molecule has 7 nitrogen and oxygen atoms in total. The lowest BCUT2D eigenvalue weighted by Gasteiger charge is -2.40. The van der Waals surface area contributed by atoms with Crippen LogP contribution in [0.2, 0.25) is 0 Å². The largest absolute Gasteiger partial charge is 0.492 e. The highest BCUT2D eigenvalue weighted by Gasteiger charge is 2.38. The molecule has 206 valence electrons. The van der Waals surface area contributed by atoms with Crippen LogP contribution >= 0.6 is 0 Å². The maximum Gasteiger partial charge on any atom is 0.490 e. The van der Waals surface area contributed by atoms with Crippen molar-refractivity contribution in [2.24, 2.45) is 0 Å². The van der Waals surface area contributed by atoms with Gasteiger partial charge in [0.05, 0.1) is 0 Å². The van der Waals surface area contributed by atoms with E-state index >= 15 is 0 Å². The van der Waals surface area contributed by atoms with E-state index in [-0.39, 0.29) is 5.82 Å². The van der Waals surface area contributed by atoms with Gasteiger partial charge in [0, 0.05) is 38.8 Å². The molecular weight excluding hydrogens is 505 g/mol.